The predicted molar refractivity (Wildman–Crippen MR) is 90.5 cm³/mol. The summed E-state index contributed by atoms with van der Waals surface area (Å²) in [6.45, 7) is 2.02. The molecule has 3 rings (SSSR count). The molecular weight excluding hydrogens is 326 g/mol. The van der Waals surface area contributed by atoms with Crippen LogP contribution in [0, 0.1) is 6.92 Å². The van der Waals surface area contributed by atoms with Crippen LogP contribution in [0.2, 0.25) is 0 Å². The molecule has 0 saturated heterocycles. The Hall–Kier alpha value is -2.13. The second-order valence-corrected chi connectivity index (χ2v) is 5.83. The Bertz CT molecular complexity index is 828. The lowest BCUT2D eigenvalue weighted by Gasteiger charge is -1.97. The van der Waals surface area contributed by atoms with Crippen molar-refractivity contribution in [1.29, 1.82) is 0 Å². The number of nitrogens with one attached hydrogen (secondary N) is 1. The Morgan fingerprint density at radius 1 is 1.10 bits per heavy atom. The largest absolute Gasteiger partial charge is 0.358 e. The van der Waals surface area contributed by atoms with Crippen molar-refractivity contribution in [2.75, 3.05) is 0 Å². The molecule has 1 heterocycles. The highest BCUT2D eigenvalue weighted by Crippen LogP contribution is 2.23. The van der Waals surface area contributed by atoms with Crippen LogP contribution in [0.5, 0.6) is 0 Å². The zero-order valence-electron chi connectivity index (χ0n) is 11.6. The number of hydrogen-bond acceptors (Lipinski definition) is 1. The fourth-order valence-electron chi connectivity index (χ4n) is 2.38. The monoisotopic (exact) mass is 339 g/mol. The lowest BCUT2D eigenvalue weighted by atomic mass is 10.1. The number of rotatable bonds is 3. The molecule has 0 spiro atoms. The molecule has 0 aliphatic heterocycles. The second-order valence-electron chi connectivity index (χ2n) is 4.91. The van der Waals surface area contributed by atoms with Gasteiger partial charge in [0, 0.05) is 32.2 Å². The van der Waals surface area contributed by atoms with Gasteiger partial charge in [-0.25, -0.2) is 0 Å². The molecule has 0 fully saturated rings. The molecule has 0 amide bonds. The molecular formula is C18H14BrNO. The molecule has 21 heavy (non-hydrogen) atoms. The standard InChI is InChI=1S/C18H14BrNO/c1-12-15(16-4-2-3-5-17(16)20-12)10-11-18(21)13-6-8-14(19)9-7-13/h2-11,20H,1H3. The van der Waals surface area contributed by atoms with E-state index in [2.05, 4.69) is 27.0 Å². The molecule has 0 atom stereocenters. The first kappa shape index (κ1) is 13.8. The molecule has 0 aliphatic rings. The number of carbonyl (C=O) groups is 1. The van der Waals surface area contributed by atoms with Crippen molar-refractivity contribution in [2.24, 2.45) is 0 Å². The number of allylic oxidation sites excluding steroid dienone is 1. The molecule has 2 nitrogen and oxygen atoms in total. The molecule has 3 heteroatoms. The van der Waals surface area contributed by atoms with Crippen LogP contribution in [0.15, 0.2) is 59.1 Å². The Morgan fingerprint density at radius 2 is 1.81 bits per heavy atom. The van der Waals surface area contributed by atoms with E-state index in [0.29, 0.717) is 5.56 Å². The molecule has 0 saturated carbocycles. The lowest BCUT2D eigenvalue weighted by molar-refractivity contribution is 0.104. The maximum Gasteiger partial charge on any atom is 0.185 e. The predicted octanol–water partition coefficient (Wildman–Crippen LogP) is 5.13. The molecule has 3 aromatic rings. The van der Waals surface area contributed by atoms with Gasteiger partial charge < -0.3 is 4.98 Å². The van der Waals surface area contributed by atoms with E-state index < -0.39 is 0 Å². The number of para-hydroxylation sites is 1. The van der Waals surface area contributed by atoms with Gasteiger partial charge in [-0.05, 0) is 49.4 Å². The van der Waals surface area contributed by atoms with E-state index >= 15 is 0 Å². The molecule has 0 bridgehead atoms. The maximum atomic E-state index is 12.2. The molecule has 0 unspecified atom stereocenters. The van der Waals surface area contributed by atoms with E-state index in [-0.39, 0.29) is 5.78 Å². The van der Waals surface area contributed by atoms with Crippen molar-refractivity contribution < 1.29 is 4.79 Å². The van der Waals surface area contributed by atoms with Crippen LogP contribution >= 0.6 is 15.9 Å². The highest BCUT2D eigenvalue weighted by atomic mass is 79.9. The summed E-state index contributed by atoms with van der Waals surface area (Å²) in [6.07, 6.45) is 3.52. The van der Waals surface area contributed by atoms with Gasteiger partial charge in [-0.2, -0.15) is 0 Å². The molecule has 1 N–H and O–H groups in total. The number of aromatic amines is 1. The Kier molecular flexibility index (Phi) is 3.76. The summed E-state index contributed by atoms with van der Waals surface area (Å²) in [5.74, 6) is 0.00665. The van der Waals surface area contributed by atoms with E-state index in [1.54, 1.807) is 6.08 Å². The smallest absolute Gasteiger partial charge is 0.185 e. The van der Waals surface area contributed by atoms with Crippen LogP contribution in [0.4, 0.5) is 0 Å². The van der Waals surface area contributed by atoms with Gasteiger partial charge in [0.15, 0.2) is 5.78 Å². The van der Waals surface area contributed by atoms with Crippen LogP contribution < -0.4 is 0 Å². The summed E-state index contributed by atoms with van der Waals surface area (Å²) in [5.41, 5.74) is 3.91. The number of ketones is 1. The van der Waals surface area contributed by atoms with Gasteiger partial charge in [0.1, 0.15) is 0 Å². The fraction of sp³-hybridized carbons (Fsp3) is 0.0556. The van der Waals surface area contributed by atoms with Crippen LogP contribution in [0.25, 0.3) is 17.0 Å². The van der Waals surface area contributed by atoms with Gasteiger partial charge in [0.2, 0.25) is 0 Å². The highest BCUT2D eigenvalue weighted by Gasteiger charge is 2.06. The quantitative estimate of drug-likeness (QED) is 0.520. The zero-order chi connectivity index (χ0) is 14.8. The first-order chi connectivity index (χ1) is 10.1. The molecule has 1 aromatic heterocycles. The molecule has 0 aliphatic carbocycles. The number of hydrogen-bond donors (Lipinski definition) is 1. The van der Waals surface area contributed by atoms with E-state index in [0.717, 1.165) is 26.6 Å². The summed E-state index contributed by atoms with van der Waals surface area (Å²) in [4.78, 5) is 15.5. The summed E-state index contributed by atoms with van der Waals surface area (Å²) in [6, 6.07) is 15.5. The number of halogens is 1. The Morgan fingerprint density at radius 3 is 2.57 bits per heavy atom. The van der Waals surface area contributed by atoms with Crippen molar-refractivity contribution >= 4 is 38.7 Å². The van der Waals surface area contributed by atoms with Crippen LogP contribution in [-0.4, -0.2) is 10.8 Å². The fourth-order valence-corrected chi connectivity index (χ4v) is 2.65. The average Bonchev–Trinajstić information content (AvgIpc) is 2.81. The summed E-state index contributed by atoms with van der Waals surface area (Å²) in [5, 5.41) is 1.13. The molecule has 104 valence electrons. The molecule has 2 aromatic carbocycles. The van der Waals surface area contributed by atoms with Gasteiger partial charge in [-0.15, -0.1) is 0 Å². The Labute approximate surface area is 131 Å². The minimum absolute atomic E-state index is 0.00665. The topological polar surface area (TPSA) is 32.9 Å². The third-order valence-corrected chi connectivity index (χ3v) is 4.00. The third-order valence-electron chi connectivity index (χ3n) is 3.47. The van der Waals surface area contributed by atoms with Crippen molar-refractivity contribution in [3.8, 4) is 0 Å². The van der Waals surface area contributed by atoms with Crippen molar-refractivity contribution in [3.05, 3.63) is 75.9 Å². The maximum absolute atomic E-state index is 12.2. The minimum atomic E-state index is 0.00665. The first-order valence-electron chi connectivity index (χ1n) is 6.70. The van der Waals surface area contributed by atoms with E-state index in [9.17, 15) is 4.79 Å². The normalized spacial score (nSPS) is 11.3. The van der Waals surface area contributed by atoms with Gasteiger partial charge in [-0.1, -0.05) is 34.1 Å². The zero-order valence-corrected chi connectivity index (χ0v) is 13.1. The average molecular weight is 340 g/mol. The Balaban J connectivity index is 1.92. The highest BCUT2D eigenvalue weighted by molar-refractivity contribution is 9.10. The van der Waals surface area contributed by atoms with Gasteiger partial charge in [0.25, 0.3) is 0 Å². The van der Waals surface area contributed by atoms with Crippen molar-refractivity contribution in [3.63, 3.8) is 0 Å². The number of aromatic nitrogens is 1. The SMILES string of the molecule is Cc1[nH]c2ccccc2c1C=CC(=O)c1ccc(Br)cc1. The number of aryl methyl sites for hydroxylation is 1. The summed E-state index contributed by atoms with van der Waals surface area (Å²) >= 11 is 3.37. The summed E-state index contributed by atoms with van der Waals surface area (Å²) < 4.78 is 0.968. The minimum Gasteiger partial charge on any atom is -0.358 e. The van der Waals surface area contributed by atoms with Gasteiger partial charge in [-0.3, -0.25) is 4.79 Å². The summed E-state index contributed by atoms with van der Waals surface area (Å²) in [7, 11) is 0. The van der Waals surface area contributed by atoms with Crippen LogP contribution in [0.1, 0.15) is 21.6 Å². The van der Waals surface area contributed by atoms with Crippen LogP contribution in [-0.2, 0) is 0 Å². The number of carbonyl (C=O) groups excluding carboxylic acids is 1. The molecule has 0 radical (unpaired) electrons. The van der Waals surface area contributed by atoms with Gasteiger partial charge in [0.05, 0.1) is 0 Å². The van der Waals surface area contributed by atoms with E-state index in [1.165, 1.54) is 0 Å². The second kappa shape index (κ2) is 5.70. The first-order valence-corrected chi connectivity index (χ1v) is 7.50. The van der Waals surface area contributed by atoms with Crippen molar-refractivity contribution in [2.45, 2.75) is 6.92 Å². The lowest BCUT2D eigenvalue weighted by Crippen LogP contribution is -1.93. The van der Waals surface area contributed by atoms with E-state index in [1.807, 2.05) is 55.5 Å². The van der Waals surface area contributed by atoms with Crippen molar-refractivity contribution in [1.82, 2.24) is 4.98 Å². The van der Waals surface area contributed by atoms with Gasteiger partial charge >= 0.3 is 0 Å². The number of fused-ring (bicyclic) bond motifs is 1. The van der Waals surface area contributed by atoms with E-state index in [4.69, 9.17) is 0 Å². The number of H-pyrrole nitrogens is 1. The number of benzene rings is 2. The van der Waals surface area contributed by atoms with Crippen LogP contribution in [0.3, 0.4) is 0 Å². The third kappa shape index (κ3) is 2.83.